The van der Waals surface area contributed by atoms with Crippen molar-refractivity contribution >= 4 is 17.5 Å². The van der Waals surface area contributed by atoms with E-state index < -0.39 is 41.4 Å². The van der Waals surface area contributed by atoms with Gasteiger partial charge in [0.1, 0.15) is 31.1 Å². The molecule has 1 aliphatic heterocycles. The van der Waals surface area contributed by atoms with Gasteiger partial charge in [-0.25, -0.2) is 4.79 Å². The van der Waals surface area contributed by atoms with Crippen molar-refractivity contribution < 1.29 is 32.1 Å². The van der Waals surface area contributed by atoms with Gasteiger partial charge in [-0.05, 0) is 6.42 Å². The summed E-state index contributed by atoms with van der Waals surface area (Å²) >= 11 is 5.02. The van der Waals surface area contributed by atoms with Crippen LogP contribution in [0.3, 0.4) is 0 Å². The number of alkyl halides is 3. The maximum Gasteiger partial charge on any atom is 0.423 e. The number of hydrogen-bond donors (Lipinski definition) is 1. The maximum atomic E-state index is 13.1. The van der Waals surface area contributed by atoms with Crippen molar-refractivity contribution in [3.8, 4) is 12.3 Å². The van der Waals surface area contributed by atoms with E-state index in [1.807, 2.05) is 0 Å². The number of aromatic nitrogens is 2. The van der Waals surface area contributed by atoms with E-state index in [2.05, 4.69) is 12.8 Å². The molecule has 1 N–H and O–H groups in total. The van der Waals surface area contributed by atoms with Crippen LogP contribution in [0.5, 0.6) is 0 Å². The molecule has 2 heterocycles. The van der Waals surface area contributed by atoms with Gasteiger partial charge in [-0.1, -0.05) is 32.1 Å². The number of terminal acetylenes is 1. The minimum Gasteiger partial charge on any atom is -0.457 e. The summed E-state index contributed by atoms with van der Waals surface area (Å²) < 4.78 is 61.8. The van der Waals surface area contributed by atoms with Crippen LogP contribution in [0.15, 0.2) is 15.8 Å². The Hall–Kier alpha value is -2.36. The number of thiocarbonyl (C=S) groups is 1. The van der Waals surface area contributed by atoms with Gasteiger partial charge < -0.3 is 18.9 Å². The lowest BCUT2D eigenvalue weighted by molar-refractivity contribution is -0.139. The zero-order chi connectivity index (χ0) is 23.7. The first-order chi connectivity index (χ1) is 15.2. The quantitative estimate of drug-likeness (QED) is 0.314. The summed E-state index contributed by atoms with van der Waals surface area (Å²) in [6.07, 6.45) is 2.09. The summed E-state index contributed by atoms with van der Waals surface area (Å²) in [6, 6.07) is 0. The highest BCUT2D eigenvalue weighted by atomic mass is 32.1. The molecule has 0 spiro atoms. The molecule has 12 heteroatoms. The summed E-state index contributed by atoms with van der Waals surface area (Å²) in [5.41, 5.74) is -4.09. The number of rotatable bonds is 10. The molecule has 1 fully saturated rings. The summed E-state index contributed by atoms with van der Waals surface area (Å²) in [5.74, 6) is 2.29. The van der Waals surface area contributed by atoms with Gasteiger partial charge in [-0.3, -0.25) is 14.3 Å². The lowest BCUT2D eigenvalue weighted by atomic mass is 10.2. The highest BCUT2D eigenvalue weighted by molar-refractivity contribution is 7.79. The molecule has 0 bridgehead atoms. The lowest BCUT2D eigenvalue weighted by Gasteiger charge is -2.19. The van der Waals surface area contributed by atoms with Gasteiger partial charge in [0.05, 0.1) is 12.7 Å². The molecule has 1 aromatic rings. The van der Waals surface area contributed by atoms with Crippen LogP contribution in [0, 0.1) is 12.3 Å². The number of nitrogens with zero attached hydrogens (tertiary/aromatic N) is 1. The van der Waals surface area contributed by atoms with Crippen LogP contribution in [0.1, 0.15) is 50.8 Å². The fourth-order valence-corrected chi connectivity index (χ4v) is 3.28. The van der Waals surface area contributed by atoms with Crippen LogP contribution >= 0.6 is 12.2 Å². The zero-order valence-electron chi connectivity index (χ0n) is 17.5. The standard InChI is InChI=1S/C20H25F3N2O6S/c1-3-5-6-7-9-29-19(32)30-12-15-14(28-8-4-2)10-16(31-15)25-11-13(20(21,22)23)17(26)24-18(25)27/h2,11,14-16H,3,5-10,12H2,1H3,(H,24,26,27)/t14-,15+,16+/m0/s1. The third-order valence-electron chi connectivity index (χ3n) is 4.73. The highest BCUT2D eigenvalue weighted by Crippen LogP contribution is 2.32. The molecule has 2 rings (SSSR count). The molecular formula is C20H25F3N2O6S. The Morgan fingerprint density at radius 1 is 1.34 bits per heavy atom. The van der Waals surface area contributed by atoms with Crippen LogP contribution in [0.4, 0.5) is 13.2 Å². The second-order valence-electron chi connectivity index (χ2n) is 7.10. The summed E-state index contributed by atoms with van der Waals surface area (Å²) in [6.45, 7) is 2.29. The minimum absolute atomic E-state index is 0.00356. The van der Waals surface area contributed by atoms with Crippen molar-refractivity contribution in [2.24, 2.45) is 0 Å². The van der Waals surface area contributed by atoms with E-state index in [1.165, 1.54) is 0 Å². The van der Waals surface area contributed by atoms with Gasteiger partial charge in [-0.15, -0.1) is 6.42 Å². The van der Waals surface area contributed by atoms with Crippen molar-refractivity contribution in [3.05, 3.63) is 32.6 Å². The first kappa shape index (κ1) is 25.9. The van der Waals surface area contributed by atoms with Crippen molar-refractivity contribution in [3.63, 3.8) is 0 Å². The van der Waals surface area contributed by atoms with Crippen molar-refractivity contribution in [2.45, 2.75) is 63.6 Å². The first-order valence-electron chi connectivity index (χ1n) is 10.1. The van der Waals surface area contributed by atoms with Gasteiger partial charge in [0.15, 0.2) is 0 Å². The molecule has 1 saturated heterocycles. The van der Waals surface area contributed by atoms with Crippen molar-refractivity contribution in [1.29, 1.82) is 0 Å². The number of nitrogens with one attached hydrogen (secondary N) is 1. The molecule has 1 aliphatic rings. The predicted molar refractivity (Wildman–Crippen MR) is 112 cm³/mol. The Kier molecular flexibility index (Phi) is 9.74. The Morgan fingerprint density at radius 2 is 2.09 bits per heavy atom. The van der Waals surface area contributed by atoms with Crippen molar-refractivity contribution in [1.82, 2.24) is 9.55 Å². The average molecular weight is 478 g/mol. The average Bonchev–Trinajstić information content (AvgIpc) is 3.12. The zero-order valence-corrected chi connectivity index (χ0v) is 18.3. The highest BCUT2D eigenvalue weighted by Gasteiger charge is 2.40. The van der Waals surface area contributed by atoms with Crippen LogP contribution in [-0.2, 0) is 25.1 Å². The van der Waals surface area contributed by atoms with E-state index in [-0.39, 0.29) is 24.9 Å². The van der Waals surface area contributed by atoms with E-state index in [0.29, 0.717) is 17.4 Å². The van der Waals surface area contributed by atoms with E-state index in [0.717, 1.165) is 25.7 Å². The number of H-pyrrole nitrogens is 1. The largest absolute Gasteiger partial charge is 0.457 e. The molecule has 0 amide bonds. The second kappa shape index (κ2) is 12.0. The SMILES string of the molecule is C#CCO[C@H]1C[C@H](n2cc(C(F)(F)F)c(=O)[nH]c2=O)O[C@@H]1COC(=S)OCCCCCC. The number of aromatic amines is 1. The van der Waals surface area contributed by atoms with Crippen LogP contribution in [0.25, 0.3) is 0 Å². The second-order valence-corrected chi connectivity index (χ2v) is 7.43. The predicted octanol–water partition coefficient (Wildman–Crippen LogP) is 2.76. The van der Waals surface area contributed by atoms with Gasteiger partial charge >= 0.3 is 17.1 Å². The van der Waals surface area contributed by atoms with E-state index >= 15 is 0 Å². The Balaban J connectivity index is 2.06. The number of unbranched alkanes of at least 4 members (excludes halogenated alkanes) is 3. The topological polar surface area (TPSA) is 91.8 Å². The van der Waals surface area contributed by atoms with Gasteiger partial charge in [-0.2, -0.15) is 13.2 Å². The van der Waals surface area contributed by atoms with Crippen LogP contribution < -0.4 is 11.2 Å². The molecule has 3 atom stereocenters. The number of ether oxygens (including phenoxy) is 4. The van der Waals surface area contributed by atoms with Gasteiger partial charge in [0, 0.05) is 24.8 Å². The molecule has 1 aromatic heterocycles. The van der Waals surface area contributed by atoms with Gasteiger partial charge in [0.2, 0.25) is 0 Å². The summed E-state index contributed by atoms with van der Waals surface area (Å²) in [7, 11) is 0. The van der Waals surface area contributed by atoms with Crippen LogP contribution in [0.2, 0.25) is 0 Å². The number of hydrogen-bond acceptors (Lipinski definition) is 7. The fraction of sp³-hybridized carbons (Fsp3) is 0.650. The molecule has 0 aromatic carbocycles. The van der Waals surface area contributed by atoms with Gasteiger partial charge in [0.25, 0.3) is 5.56 Å². The molecule has 8 nitrogen and oxygen atoms in total. The molecular weight excluding hydrogens is 453 g/mol. The van der Waals surface area contributed by atoms with E-state index in [4.69, 9.17) is 37.6 Å². The Bertz CT molecular complexity index is 924. The molecule has 32 heavy (non-hydrogen) atoms. The minimum atomic E-state index is -4.94. The van der Waals surface area contributed by atoms with E-state index in [9.17, 15) is 22.8 Å². The Labute approximate surface area is 188 Å². The molecule has 0 radical (unpaired) electrons. The third-order valence-corrected chi connectivity index (χ3v) is 4.96. The Morgan fingerprint density at radius 3 is 2.75 bits per heavy atom. The maximum absolute atomic E-state index is 13.1. The van der Waals surface area contributed by atoms with Crippen molar-refractivity contribution in [2.75, 3.05) is 19.8 Å². The normalized spacial score (nSPS) is 20.7. The first-order valence-corrected chi connectivity index (χ1v) is 10.5. The van der Waals surface area contributed by atoms with Crippen LogP contribution in [-0.4, -0.2) is 46.8 Å². The fourth-order valence-electron chi connectivity index (χ4n) is 3.13. The molecule has 0 unspecified atom stereocenters. The smallest absolute Gasteiger partial charge is 0.423 e. The number of halogens is 3. The summed E-state index contributed by atoms with van der Waals surface area (Å²) in [5, 5.41) is -0.0928. The third kappa shape index (κ3) is 7.36. The molecule has 178 valence electrons. The van der Waals surface area contributed by atoms with E-state index in [1.54, 1.807) is 4.98 Å². The summed E-state index contributed by atoms with van der Waals surface area (Å²) in [4.78, 5) is 25.3. The monoisotopic (exact) mass is 478 g/mol. The lowest BCUT2D eigenvalue weighted by Crippen LogP contribution is -2.36. The molecule has 0 aliphatic carbocycles. The molecule has 0 saturated carbocycles.